The number of hydrogen-bond donors (Lipinski definition) is 2. The number of nitrogens with one attached hydrogen (secondary N) is 2. The maximum atomic E-state index is 11.9. The van der Waals surface area contributed by atoms with Crippen molar-refractivity contribution in [3.05, 3.63) is 29.3 Å². The molecule has 0 bridgehead atoms. The number of hydrogen-bond acceptors (Lipinski definition) is 3. The molecule has 0 aliphatic carbocycles. The maximum absolute atomic E-state index is 11.9. The molecule has 18 heavy (non-hydrogen) atoms. The second kappa shape index (κ2) is 6.73. The number of anilines is 1. The van der Waals surface area contributed by atoms with E-state index >= 15 is 0 Å². The molecule has 1 fully saturated rings. The molecule has 1 aromatic carbocycles. The summed E-state index contributed by atoms with van der Waals surface area (Å²) >= 11 is 0. The molecule has 1 aliphatic heterocycles. The van der Waals surface area contributed by atoms with Crippen LogP contribution in [0.2, 0.25) is 0 Å². The third kappa shape index (κ3) is 3.98. The Bertz CT molecular complexity index is 397. The summed E-state index contributed by atoms with van der Waals surface area (Å²) in [6.07, 6.45) is -0.385. The highest BCUT2D eigenvalue weighted by Crippen LogP contribution is 2.14. The first-order valence-corrected chi connectivity index (χ1v) is 5.86. The quantitative estimate of drug-likeness (QED) is 0.859. The van der Waals surface area contributed by atoms with Gasteiger partial charge in [0.1, 0.15) is 6.10 Å². The zero-order valence-electron chi connectivity index (χ0n) is 10.7. The highest BCUT2D eigenvalue weighted by Gasteiger charge is 2.21. The Morgan fingerprint density at radius 2 is 2.00 bits per heavy atom. The Morgan fingerprint density at radius 1 is 1.33 bits per heavy atom. The zero-order chi connectivity index (χ0) is 12.3. The van der Waals surface area contributed by atoms with Crippen LogP contribution in [-0.4, -0.2) is 31.7 Å². The Balaban J connectivity index is 0.00000162. The lowest BCUT2D eigenvalue weighted by Gasteiger charge is -2.22. The van der Waals surface area contributed by atoms with E-state index in [1.165, 1.54) is 0 Å². The SMILES string of the molecule is Cc1cc(C)cc(NC(=O)C2CNCCO2)c1.Cl. The molecule has 1 unspecified atom stereocenters. The van der Waals surface area contributed by atoms with Crippen molar-refractivity contribution in [2.45, 2.75) is 20.0 Å². The van der Waals surface area contributed by atoms with Gasteiger partial charge in [0.05, 0.1) is 6.61 Å². The van der Waals surface area contributed by atoms with Crippen molar-refractivity contribution in [2.75, 3.05) is 25.0 Å². The van der Waals surface area contributed by atoms with Crippen LogP contribution in [0.15, 0.2) is 18.2 Å². The molecule has 1 heterocycles. The van der Waals surface area contributed by atoms with Gasteiger partial charge in [-0.15, -0.1) is 12.4 Å². The van der Waals surface area contributed by atoms with E-state index in [0.29, 0.717) is 13.2 Å². The van der Waals surface area contributed by atoms with Crippen LogP contribution >= 0.6 is 12.4 Å². The fourth-order valence-corrected chi connectivity index (χ4v) is 2.00. The predicted molar refractivity (Wildman–Crippen MR) is 74.4 cm³/mol. The summed E-state index contributed by atoms with van der Waals surface area (Å²) in [4.78, 5) is 11.9. The van der Waals surface area contributed by atoms with Gasteiger partial charge >= 0.3 is 0 Å². The first-order chi connectivity index (χ1) is 8.15. The summed E-state index contributed by atoms with van der Waals surface area (Å²) in [6.45, 7) is 6.01. The lowest BCUT2D eigenvalue weighted by Crippen LogP contribution is -2.45. The molecule has 0 aromatic heterocycles. The van der Waals surface area contributed by atoms with E-state index in [4.69, 9.17) is 4.74 Å². The molecule has 0 radical (unpaired) electrons. The van der Waals surface area contributed by atoms with Crippen LogP contribution in [0.1, 0.15) is 11.1 Å². The van der Waals surface area contributed by atoms with Crippen LogP contribution in [0.5, 0.6) is 0 Å². The van der Waals surface area contributed by atoms with E-state index in [9.17, 15) is 4.79 Å². The van der Waals surface area contributed by atoms with Gasteiger partial charge in [0.15, 0.2) is 0 Å². The number of rotatable bonds is 2. The van der Waals surface area contributed by atoms with Crippen LogP contribution in [0.25, 0.3) is 0 Å². The van der Waals surface area contributed by atoms with Gasteiger partial charge in [0.2, 0.25) is 0 Å². The lowest BCUT2D eigenvalue weighted by molar-refractivity contribution is -0.128. The maximum Gasteiger partial charge on any atom is 0.254 e. The number of benzene rings is 1. The Hall–Kier alpha value is -1.10. The molecule has 1 aromatic rings. The second-order valence-corrected chi connectivity index (χ2v) is 4.43. The van der Waals surface area contributed by atoms with Crippen LogP contribution < -0.4 is 10.6 Å². The summed E-state index contributed by atoms with van der Waals surface area (Å²) in [5.41, 5.74) is 3.12. The minimum absolute atomic E-state index is 0. The standard InChI is InChI=1S/C13H18N2O2.ClH/c1-9-5-10(2)7-11(6-9)15-13(16)12-8-14-3-4-17-12;/h5-7,12,14H,3-4,8H2,1-2H3,(H,15,16);1H. The van der Waals surface area contributed by atoms with Crippen LogP contribution in [0.4, 0.5) is 5.69 Å². The van der Waals surface area contributed by atoms with Gasteiger partial charge in [0, 0.05) is 18.8 Å². The lowest BCUT2D eigenvalue weighted by atomic mass is 10.1. The summed E-state index contributed by atoms with van der Waals surface area (Å²) in [7, 11) is 0. The normalized spacial score (nSPS) is 18.9. The fourth-order valence-electron chi connectivity index (χ4n) is 2.00. The summed E-state index contributed by atoms with van der Waals surface area (Å²) in [5.74, 6) is -0.0813. The van der Waals surface area contributed by atoms with Crippen LogP contribution in [0.3, 0.4) is 0 Å². The Labute approximate surface area is 114 Å². The highest BCUT2D eigenvalue weighted by atomic mass is 35.5. The number of halogens is 1. The van der Waals surface area contributed by atoms with E-state index in [-0.39, 0.29) is 24.4 Å². The summed E-state index contributed by atoms with van der Waals surface area (Å²) in [5, 5.41) is 6.03. The monoisotopic (exact) mass is 270 g/mol. The first kappa shape index (κ1) is 15.0. The number of aryl methyl sites for hydroxylation is 2. The molecule has 2 N–H and O–H groups in total. The van der Waals surface area contributed by atoms with E-state index in [2.05, 4.69) is 16.7 Å². The van der Waals surface area contributed by atoms with Gasteiger partial charge in [-0.05, 0) is 37.1 Å². The minimum Gasteiger partial charge on any atom is -0.366 e. The van der Waals surface area contributed by atoms with Crippen molar-refractivity contribution < 1.29 is 9.53 Å². The topological polar surface area (TPSA) is 50.4 Å². The van der Waals surface area contributed by atoms with E-state index in [1.54, 1.807) is 0 Å². The predicted octanol–water partition coefficient (Wildman–Crippen LogP) is 1.65. The second-order valence-electron chi connectivity index (χ2n) is 4.43. The summed E-state index contributed by atoms with van der Waals surface area (Å²) in [6, 6.07) is 6.00. The van der Waals surface area contributed by atoms with Crippen molar-refractivity contribution in [1.82, 2.24) is 5.32 Å². The van der Waals surface area contributed by atoms with E-state index < -0.39 is 0 Å². The largest absolute Gasteiger partial charge is 0.366 e. The van der Waals surface area contributed by atoms with Crippen molar-refractivity contribution >= 4 is 24.0 Å². The number of ether oxygens (including phenoxy) is 1. The first-order valence-electron chi connectivity index (χ1n) is 5.86. The average molecular weight is 271 g/mol. The summed E-state index contributed by atoms with van der Waals surface area (Å²) < 4.78 is 5.40. The van der Waals surface area contributed by atoms with Gasteiger partial charge in [-0.1, -0.05) is 6.07 Å². The molecule has 0 saturated carbocycles. The fraction of sp³-hybridized carbons (Fsp3) is 0.462. The molecule has 1 amide bonds. The zero-order valence-corrected chi connectivity index (χ0v) is 11.5. The van der Waals surface area contributed by atoms with Crippen molar-refractivity contribution in [1.29, 1.82) is 0 Å². The Kier molecular flexibility index (Phi) is 5.59. The smallest absolute Gasteiger partial charge is 0.254 e. The molecular weight excluding hydrogens is 252 g/mol. The van der Waals surface area contributed by atoms with Crippen molar-refractivity contribution in [3.8, 4) is 0 Å². The molecular formula is C13H19ClN2O2. The molecule has 2 rings (SSSR count). The number of carbonyl (C=O) groups is 1. The van der Waals surface area contributed by atoms with Crippen LogP contribution in [0, 0.1) is 13.8 Å². The van der Waals surface area contributed by atoms with Crippen molar-refractivity contribution in [3.63, 3.8) is 0 Å². The van der Waals surface area contributed by atoms with Gasteiger partial charge in [-0.3, -0.25) is 4.79 Å². The third-order valence-corrected chi connectivity index (χ3v) is 2.71. The molecule has 1 aliphatic rings. The van der Waals surface area contributed by atoms with Crippen molar-refractivity contribution in [2.24, 2.45) is 0 Å². The van der Waals surface area contributed by atoms with Gasteiger partial charge in [0.25, 0.3) is 5.91 Å². The molecule has 0 spiro atoms. The van der Waals surface area contributed by atoms with Gasteiger partial charge < -0.3 is 15.4 Å². The number of amides is 1. The molecule has 4 nitrogen and oxygen atoms in total. The van der Waals surface area contributed by atoms with Gasteiger partial charge in [-0.25, -0.2) is 0 Å². The molecule has 100 valence electrons. The minimum atomic E-state index is -0.385. The number of morpholine rings is 1. The van der Waals surface area contributed by atoms with Crippen LogP contribution in [-0.2, 0) is 9.53 Å². The molecule has 1 saturated heterocycles. The Morgan fingerprint density at radius 3 is 2.56 bits per heavy atom. The average Bonchev–Trinajstić information content (AvgIpc) is 2.28. The number of carbonyl (C=O) groups excluding carboxylic acids is 1. The molecule has 5 heteroatoms. The third-order valence-electron chi connectivity index (χ3n) is 2.71. The van der Waals surface area contributed by atoms with E-state index in [1.807, 2.05) is 26.0 Å². The molecule has 1 atom stereocenters. The van der Waals surface area contributed by atoms with Gasteiger partial charge in [-0.2, -0.15) is 0 Å². The van der Waals surface area contributed by atoms with E-state index in [0.717, 1.165) is 23.4 Å². The highest BCUT2D eigenvalue weighted by molar-refractivity contribution is 5.94.